The Labute approximate surface area is 57.7 Å². The number of carbonyl (C=O) groups is 2. The maximum atomic E-state index is 10.4. The van der Waals surface area contributed by atoms with Crippen LogP contribution in [0.4, 0.5) is 4.79 Å². The zero-order valence-electron chi connectivity index (χ0n) is 5.29. The number of hydrogen-bond acceptors (Lipinski definition) is 3. The Morgan fingerprint density at radius 3 is 3.20 bits per heavy atom. The molecule has 5 nitrogen and oxygen atoms in total. The van der Waals surface area contributed by atoms with Gasteiger partial charge in [0.25, 0.3) is 0 Å². The Hall–Kier alpha value is -1.26. The predicted octanol–water partition coefficient (Wildman–Crippen LogP) is -1.16. The van der Waals surface area contributed by atoms with Crippen LogP contribution in [-0.2, 0) is 9.53 Å². The zero-order valence-corrected chi connectivity index (χ0v) is 5.29. The fourth-order valence-electron chi connectivity index (χ4n) is 0.725. The van der Waals surface area contributed by atoms with E-state index in [2.05, 4.69) is 10.6 Å². The third-order valence-electron chi connectivity index (χ3n) is 1.18. The summed E-state index contributed by atoms with van der Waals surface area (Å²) in [5.41, 5.74) is 0. The van der Waals surface area contributed by atoms with Crippen molar-refractivity contribution in [3.8, 4) is 0 Å². The molecule has 2 amide bonds. The van der Waals surface area contributed by atoms with Crippen molar-refractivity contribution in [3.63, 3.8) is 0 Å². The number of hydrogen-bond donors (Lipinski definition) is 2. The van der Waals surface area contributed by atoms with Gasteiger partial charge in [0.2, 0.25) is 6.41 Å². The molecule has 0 aromatic rings. The lowest BCUT2D eigenvalue weighted by Crippen LogP contribution is -2.28. The first-order valence-electron chi connectivity index (χ1n) is 2.94. The number of cyclic esters (lactones) is 1. The molecular formula is C5H8N2O3. The summed E-state index contributed by atoms with van der Waals surface area (Å²) in [6, 6.07) is 0. The monoisotopic (exact) mass is 144 g/mol. The summed E-state index contributed by atoms with van der Waals surface area (Å²) in [4.78, 5) is 20.1. The molecule has 0 aromatic carbocycles. The molecule has 1 heterocycles. The minimum Gasteiger partial charge on any atom is -0.442 e. The van der Waals surface area contributed by atoms with E-state index in [1.165, 1.54) is 0 Å². The molecule has 10 heavy (non-hydrogen) atoms. The van der Waals surface area contributed by atoms with Crippen molar-refractivity contribution in [2.24, 2.45) is 0 Å². The molecule has 1 atom stereocenters. The van der Waals surface area contributed by atoms with E-state index in [0.717, 1.165) is 0 Å². The molecule has 1 aliphatic rings. The lowest BCUT2D eigenvalue weighted by molar-refractivity contribution is -0.109. The molecular weight excluding hydrogens is 136 g/mol. The molecule has 1 aliphatic heterocycles. The number of rotatable bonds is 3. The second kappa shape index (κ2) is 3.05. The van der Waals surface area contributed by atoms with E-state index in [0.29, 0.717) is 19.5 Å². The molecule has 5 heteroatoms. The number of carbonyl (C=O) groups excluding carboxylic acids is 2. The highest BCUT2D eigenvalue weighted by atomic mass is 16.6. The van der Waals surface area contributed by atoms with Crippen LogP contribution in [0.1, 0.15) is 0 Å². The van der Waals surface area contributed by atoms with Crippen molar-refractivity contribution in [1.82, 2.24) is 10.6 Å². The molecule has 0 aromatic heterocycles. The molecule has 0 bridgehead atoms. The summed E-state index contributed by atoms with van der Waals surface area (Å²) < 4.78 is 4.69. The van der Waals surface area contributed by atoms with Crippen LogP contribution in [0.2, 0.25) is 0 Å². The van der Waals surface area contributed by atoms with Crippen molar-refractivity contribution in [3.05, 3.63) is 0 Å². The minimum atomic E-state index is -0.419. The van der Waals surface area contributed by atoms with E-state index in [1.54, 1.807) is 0 Å². The van der Waals surface area contributed by atoms with E-state index >= 15 is 0 Å². The van der Waals surface area contributed by atoms with Crippen molar-refractivity contribution < 1.29 is 14.3 Å². The zero-order chi connectivity index (χ0) is 7.40. The van der Waals surface area contributed by atoms with Gasteiger partial charge in [-0.25, -0.2) is 4.79 Å². The summed E-state index contributed by atoms with van der Waals surface area (Å²) in [6.45, 7) is 0.849. The SMILES string of the molecule is O=CNCC1CNC(=O)O1. The van der Waals surface area contributed by atoms with Gasteiger partial charge in [-0.1, -0.05) is 0 Å². The quantitative estimate of drug-likeness (QED) is 0.491. The molecule has 2 N–H and O–H groups in total. The Morgan fingerprint density at radius 1 is 1.90 bits per heavy atom. The third-order valence-corrected chi connectivity index (χ3v) is 1.18. The predicted molar refractivity (Wildman–Crippen MR) is 32.3 cm³/mol. The Bertz CT molecular complexity index is 148. The van der Waals surface area contributed by atoms with Crippen LogP contribution >= 0.6 is 0 Å². The van der Waals surface area contributed by atoms with E-state index < -0.39 is 6.09 Å². The number of ether oxygens (including phenoxy) is 1. The maximum absolute atomic E-state index is 10.4. The molecule has 1 saturated heterocycles. The van der Waals surface area contributed by atoms with Crippen molar-refractivity contribution >= 4 is 12.5 Å². The third kappa shape index (κ3) is 1.61. The number of alkyl carbamates (subject to hydrolysis) is 1. The van der Waals surface area contributed by atoms with Gasteiger partial charge in [0.05, 0.1) is 13.1 Å². The van der Waals surface area contributed by atoms with Gasteiger partial charge >= 0.3 is 6.09 Å². The molecule has 0 aliphatic carbocycles. The van der Waals surface area contributed by atoms with Crippen LogP contribution in [0.3, 0.4) is 0 Å². The topological polar surface area (TPSA) is 67.4 Å². The van der Waals surface area contributed by atoms with Crippen LogP contribution in [0.25, 0.3) is 0 Å². The fraction of sp³-hybridized carbons (Fsp3) is 0.600. The molecule has 1 fully saturated rings. The summed E-state index contributed by atoms with van der Waals surface area (Å²) in [5.74, 6) is 0. The first-order valence-corrected chi connectivity index (χ1v) is 2.94. The minimum absolute atomic E-state index is 0.210. The Morgan fingerprint density at radius 2 is 2.70 bits per heavy atom. The van der Waals surface area contributed by atoms with Gasteiger partial charge in [0.1, 0.15) is 6.10 Å². The van der Waals surface area contributed by atoms with Crippen LogP contribution in [0.5, 0.6) is 0 Å². The van der Waals surface area contributed by atoms with E-state index in [-0.39, 0.29) is 6.10 Å². The maximum Gasteiger partial charge on any atom is 0.407 e. The highest BCUT2D eigenvalue weighted by Gasteiger charge is 2.21. The smallest absolute Gasteiger partial charge is 0.407 e. The molecule has 1 rings (SSSR count). The first kappa shape index (κ1) is 6.85. The molecule has 0 spiro atoms. The van der Waals surface area contributed by atoms with Gasteiger partial charge in [0, 0.05) is 0 Å². The van der Waals surface area contributed by atoms with Crippen LogP contribution in [0.15, 0.2) is 0 Å². The standard InChI is InChI=1S/C5H8N2O3/c8-3-6-1-4-2-7-5(9)10-4/h3-4H,1-2H2,(H,6,8)(H,7,9). The van der Waals surface area contributed by atoms with Crippen LogP contribution in [0, 0.1) is 0 Å². The summed E-state index contributed by atoms with van der Waals surface area (Å²) >= 11 is 0. The second-order valence-electron chi connectivity index (χ2n) is 1.93. The molecule has 56 valence electrons. The highest BCUT2D eigenvalue weighted by molar-refractivity contribution is 5.69. The fourth-order valence-corrected chi connectivity index (χ4v) is 0.725. The largest absolute Gasteiger partial charge is 0.442 e. The number of nitrogens with one attached hydrogen (secondary N) is 2. The van der Waals surface area contributed by atoms with Crippen molar-refractivity contribution in [2.45, 2.75) is 6.10 Å². The lowest BCUT2D eigenvalue weighted by Gasteiger charge is -2.04. The molecule has 0 radical (unpaired) electrons. The van der Waals surface area contributed by atoms with Crippen molar-refractivity contribution in [2.75, 3.05) is 13.1 Å². The van der Waals surface area contributed by atoms with Gasteiger partial charge in [-0.2, -0.15) is 0 Å². The van der Waals surface area contributed by atoms with Crippen LogP contribution in [-0.4, -0.2) is 31.7 Å². The average molecular weight is 144 g/mol. The van der Waals surface area contributed by atoms with Gasteiger partial charge in [-0.3, -0.25) is 4.79 Å². The highest BCUT2D eigenvalue weighted by Crippen LogP contribution is 1.96. The second-order valence-corrected chi connectivity index (χ2v) is 1.93. The summed E-state index contributed by atoms with van der Waals surface area (Å²) in [7, 11) is 0. The van der Waals surface area contributed by atoms with E-state index in [4.69, 9.17) is 4.74 Å². The van der Waals surface area contributed by atoms with Gasteiger partial charge in [-0.05, 0) is 0 Å². The lowest BCUT2D eigenvalue weighted by atomic mass is 10.4. The van der Waals surface area contributed by atoms with Crippen LogP contribution < -0.4 is 10.6 Å². The van der Waals surface area contributed by atoms with Crippen molar-refractivity contribution in [1.29, 1.82) is 0 Å². The first-order chi connectivity index (χ1) is 4.83. The normalized spacial score (nSPS) is 23.2. The summed E-state index contributed by atoms with van der Waals surface area (Å²) in [6.07, 6.45) is -0.0537. The number of amides is 2. The van der Waals surface area contributed by atoms with E-state index in [9.17, 15) is 9.59 Å². The molecule has 1 unspecified atom stereocenters. The summed E-state index contributed by atoms with van der Waals surface area (Å²) in [5, 5.41) is 4.87. The Balaban J connectivity index is 2.18. The average Bonchev–Trinajstić information content (AvgIpc) is 2.31. The van der Waals surface area contributed by atoms with Gasteiger partial charge in [-0.15, -0.1) is 0 Å². The van der Waals surface area contributed by atoms with Gasteiger partial charge < -0.3 is 15.4 Å². The molecule has 0 saturated carbocycles. The van der Waals surface area contributed by atoms with Gasteiger partial charge in [0.15, 0.2) is 0 Å². The Kier molecular flexibility index (Phi) is 2.09. The van der Waals surface area contributed by atoms with E-state index in [1.807, 2.05) is 0 Å².